The zero-order valence-corrected chi connectivity index (χ0v) is 10.9. The van der Waals surface area contributed by atoms with Gasteiger partial charge in [-0.15, -0.1) is 0 Å². The number of carbonyl (C=O) groups is 1. The summed E-state index contributed by atoms with van der Waals surface area (Å²) in [4.78, 5) is 11.1. The number of nitrogens with one attached hydrogen (secondary N) is 1. The molecule has 110 valence electrons. The van der Waals surface area contributed by atoms with Crippen LogP contribution in [0.15, 0.2) is 24.3 Å². The van der Waals surface area contributed by atoms with E-state index >= 15 is 0 Å². The number of halogens is 3. The molecule has 1 aromatic carbocycles. The van der Waals surface area contributed by atoms with E-state index in [0.717, 1.165) is 24.1 Å². The minimum atomic E-state index is -4.30. The smallest absolute Gasteiger partial charge is 0.368 e. The molecule has 1 unspecified atom stereocenters. The van der Waals surface area contributed by atoms with E-state index in [1.54, 1.807) is 0 Å². The first-order chi connectivity index (χ1) is 9.36. The summed E-state index contributed by atoms with van der Waals surface area (Å²) in [5.41, 5.74) is 5.48. The Morgan fingerprint density at radius 1 is 1.30 bits per heavy atom. The molecule has 1 aromatic rings. The molecule has 3 nitrogen and oxygen atoms in total. The second kappa shape index (κ2) is 5.83. The summed E-state index contributed by atoms with van der Waals surface area (Å²) in [5.74, 6) is -0.104. The lowest BCUT2D eigenvalue weighted by atomic mass is 9.87. The Hall–Kier alpha value is -1.56. The highest BCUT2D eigenvalue weighted by Crippen LogP contribution is 2.30. The lowest BCUT2D eigenvalue weighted by molar-refractivity contribution is -0.137. The Morgan fingerprint density at radius 3 is 2.50 bits per heavy atom. The Labute approximate surface area is 115 Å². The molecule has 0 spiro atoms. The number of benzene rings is 1. The lowest BCUT2D eigenvalue weighted by Gasteiger charge is -2.28. The SMILES string of the molecule is NC(=O)[C@H]1CC(Cc2ccc(C(F)(F)F)cc2)CCN1. The van der Waals surface area contributed by atoms with Gasteiger partial charge in [0.15, 0.2) is 0 Å². The van der Waals surface area contributed by atoms with E-state index in [4.69, 9.17) is 5.73 Å². The quantitative estimate of drug-likeness (QED) is 0.894. The number of amides is 1. The molecule has 2 rings (SSSR count). The summed E-state index contributed by atoms with van der Waals surface area (Å²) >= 11 is 0. The molecule has 0 radical (unpaired) electrons. The molecule has 1 amide bonds. The Bertz CT molecular complexity index is 470. The molecule has 2 atom stereocenters. The third-order valence-corrected chi connectivity index (χ3v) is 3.66. The lowest BCUT2D eigenvalue weighted by Crippen LogP contribution is -2.47. The van der Waals surface area contributed by atoms with Crippen LogP contribution in [-0.2, 0) is 17.4 Å². The topological polar surface area (TPSA) is 55.1 Å². The summed E-state index contributed by atoms with van der Waals surface area (Å²) in [6, 6.07) is 4.88. The third kappa shape index (κ3) is 3.72. The van der Waals surface area contributed by atoms with Gasteiger partial charge in [-0.05, 0) is 49.4 Å². The van der Waals surface area contributed by atoms with Crippen LogP contribution in [0.5, 0.6) is 0 Å². The molecule has 20 heavy (non-hydrogen) atoms. The second-order valence-corrected chi connectivity index (χ2v) is 5.20. The maximum Gasteiger partial charge on any atom is 0.416 e. The standard InChI is InChI=1S/C14H17F3N2O/c15-14(16,17)11-3-1-9(2-4-11)7-10-5-6-19-12(8-10)13(18)20/h1-4,10,12,19H,5-8H2,(H2,18,20)/t10?,12-/m1/s1. The zero-order valence-electron chi connectivity index (χ0n) is 10.9. The normalized spacial score (nSPS) is 23.6. The summed E-state index contributed by atoms with van der Waals surface area (Å²) in [6.45, 7) is 0.707. The van der Waals surface area contributed by atoms with Gasteiger partial charge < -0.3 is 11.1 Å². The van der Waals surface area contributed by atoms with E-state index in [9.17, 15) is 18.0 Å². The molecule has 1 heterocycles. The summed E-state index contributed by atoms with van der Waals surface area (Å²) in [5, 5.41) is 3.04. The molecule has 6 heteroatoms. The Morgan fingerprint density at radius 2 is 1.95 bits per heavy atom. The maximum absolute atomic E-state index is 12.5. The summed E-state index contributed by atoms with van der Waals surface area (Å²) in [6.07, 6.45) is -2.10. The van der Waals surface area contributed by atoms with Gasteiger partial charge in [-0.2, -0.15) is 13.2 Å². The highest BCUT2D eigenvalue weighted by atomic mass is 19.4. The molecular formula is C14H17F3N2O. The van der Waals surface area contributed by atoms with Crippen molar-refractivity contribution in [3.05, 3.63) is 35.4 Å². The van der Waals surface area contributed by atoms with Gasteiger partial charge in [0, 0.05) is 0 Å². The number of hydrogen-bond acceptors (Lipinski definition) is 2. The molecular weight excluding hydrogens is 269 g/mol. The summed E-state index contributed by atoms with van der Waals surface area (Å²) < 4.78 is 37.4. The molecule has 0 aromatic heterocycles. The number of piperidine rings is 1. The van der Waals surface area contributed by atoms with E-state index in [0.29, 0.717) is 19.4 Å². The number of alkyl halides is 3. The van der Waals surface area contributed by atoms with Gasteiger partial charge in [0.05, 0.1) is 11.6 Å². The van der Waals surface area contributed by atoms with E-state index in [1.165, 1.54) is 12.1 Å². The molecule has 0 aliphatic carbocycles. The van der Waals surface area contributed by atoms with Crippen molar-refractivity contribution in [3.8, 4) is 0 Å². The second-order valence-electron chi connectivity index (χ2n) is 5.20. The molecule has 0 bridgehead atoms. The fourth-order valence-corrected chi connectivity index (χ4v) is 2.56. The van der Waals surface area contributed by atoms with Crippen LogP contribution < -0.4 is 11.1 Å². The predicted molar refractivity (Wildman–Crippen MR) is 68.9 cm³/mol. The fourth-order valence-electron chi connectivity index (χ4n) is 2.56. The molecule has 3 N–H and O–H groups in total. The third-order valence-electron chi connectivity index (χ3n) is 3.66. The van der Waals surface area contributed by atoms with Crippen LogP contribution in [0.4, 0.5) is 13.2 Å². The Kier molecular flexibility index (Phi) is 4.32. The van der Waals surface area contributed by atoms with Crippen molar-refractivity contribution in [3.63, 3.8) is 0 Å². The van der Waals surface area contributed by atoms with Gasteiger partial charge in [0.25, 0.3) is 0 Å². The van der Waals surface area contributed by atoms with Gasteiger partial charge in [-0.25, -0.2) is 0 Å². The van der Waals surface area contributed by atoms with Crippen molar-refractivity contribution in [2.45, 2.75) is 31.5 Å². The van der Waals surface area contributed by atoms with Crippen LogP contribution in [0.3, 0.4) is 0 Å². The van der Waals surface area contributed by atoms with Gasteiger partial charge in [-0.3, -0.25) is 4.79 Å². The average molecular weight is 286 g/mol. The number of rotatable bonds is 3. The molecule has 1 fully saturated rings. The monoisotopic (exact) mass is 286 g/mol. The van der Waals surface area contributed by atoms with Crippen molar-refractivity contribution in [1.82, 2.24) is 5.32 Å². The van der Waals surface area contributed by atoms with Crippen LogP contribution in [0, 0.1) is 5.92 Å². The molecule has 1 saturated heterocycles. The number of carbonyl (C=O) groups excluding carboxylic acids is 1. The minimum absolute atomic E-state index is 0.269. The van der Waals surface area contributed by atoms with Crippen molar-refractivity contribution < 1.29 is 18.0 Å². The van der Waals surface area contributed by atoms with Crippen molar-refractivity contribution in [1.29, 1.82) is 0 Å². The highest BCUT2D eigenvalue weighted by Gasteiger charge is 2.30. The molecule has 0 saturated carbocycles. The largest absolute Gasteiger partial charge is 0.416 e. The van der Waals surface area contributed by atoms with Crippen molar-refractivity contribution in [2.24, 2.45) is 11.7 Å². The van der Waals surface area contributed by atoms with Crippen molar-refractivity contribution in [2.75, 3.05) is 6.54 Å². The van der Waals surface area contributed by atoms with Gasteiger partial charge >= 0.3 is 6.18 Å². The average Bonchev–Trinajstić information content (AvgIpc) is 2.38. The fraction of sp³-hybridized carbons (Fsp3) is 0.500. The predicted octanol–water partition coefficient (Wildman–Crippen LogP) is 2.10. The maximum atomic E-state index is 12.5. The first-order valence-corrected chi connectivity index (χ1v) is 6.55. The number of nitrogens with two attached hydrogens (primary N) is 1. The van der Waals surface area contributed by atoms with Gasteiger partial charge in [0.1, 0.15) is 0 Å². The number of hydrogen-bond donors (Lipinski definition) is 2. The first-order valence-electron chi connectivity index (χ1n) is 6.55. The van der Waals surface area contributed by atoms with E-state index in [2.05, 4.69) is 5.32 Å². The van der Waals surface area contributed by atoms with Crippen molar-refractivity contribution >= 4 is 5.91 Å². The van der Waals surface area contributed by atoms with Crippen LogP contribution in [0.2, 0.25) is 0 Å². The van der Waals surface area contributed by atoms with Crippen LogP contribution >= 0.6 is 0 Å². The first kappa shape index (κ1) is 14.8. The van der Waals surface area contributed by atoms with Gasteiger partial charge in [-0.1, -0.05) is 12.1 Å². The van der Waals surface area contributed by atoms with E-state index < -0.39 is 11.7 Å². The van der Waals surface area contributed by atoms with Crippen LogP contribution in [0.25, 0.3) is 0 Å². The van der Waals surface area contributed by atoms with Crippen LogP contribution in [0.1, 0.15) is 24.0 Å². The Balaban J connectivity index is 1.98. The van der Waals surface area contributed by atoms with Gasteiger partial charge in [0.2, 0.25) is 5.91 Å². The van der Waals surface area contributed by atoms with E-state index in [1.807, 2.05) is 0 Å². The molecule has 1 aliphatic heterocycles. The number of primary amides is 1. The highest BCUT2D eigenvalue weighted by molar-refractivity contribution is 5.79. The molecule has 1 aliphatic rings. The van der Waals surface area contributed by atoms with Crippen LogP contribution in [-0.4, -0.2) is 18.5 Å². The van der Waals surface area contributed by atoms with E-state index in [-0.39, 0.29) is 17.9 Å². The minimum Gasteiger partial charge on any atom is -0.368 e. The zero-order chi connectivity index (χ0) is 14.8. The summed E-state index contributed by atoms with van der Waals surface area (Å²) in [7, 11) is 0.